The molecule has 0 aliphatic heterocycles. The second-order valence-corrected chi connectivity index (χ2v) is 4.14. The number of nitrogens with zero attached hydrogens (tertiary/aromatic N) is 3. The number of aromatic nitrogens is 3. The average molecular weight is 239 g/mol. The first-order chi connectivity index (χ1) is 7.66. The number of hydrogen-bond acceptors (Lipinski definition) is 6. The monoisotopic (exact) mass is 239 g/mol. The standard InChI is InChI=1S/C8H9N5O2S/c1-5-6(3-11-12-5)2-9-8-10-4-7(16-8)13(14)15/h3-4H,2H2,1H3,(H,9,10)(H,11,12). The van der Waals surface area contributed by atoms with Gasteiger partial charge in [-0.1, -0.05) is 0 Å². The van der Waals surface area contributed by atoms with E-state index in [2.05, 4.69) is 20.5 Å². The minimum atomic E-state index is -0.452. The SMILES string of the molecule is Cc1[nH]ncc1CNc1ncc([N+](=O)[O-])s1. The minimum absolute atomic E-state index is 0.0337. The Kier molecular flexibility index (Phi) is 2.82. The Hall–Kier alpha value is -1.96. The van der Waals surface area contributed by atoms with Gasteiger partial charge in [0.2, 0.25) is 0 Å². The van der Waals surface area contributed by atoms with Crippen molar-refractivity contribution in [2.24, 2.45) is 0 Å². The molecule has 0 amide bonds. The maximum atomic E-state index is 10.4. The molecule has 0 saturated carbocycles. The van der Waals surface area contributed by atoms with E-state index in [0.717, 1.165) is 22.6 Å². The number of H-pyrrole nitrogens is 1. The first-order valence-corrected chi connectivity index (χ1v) is 5.31. The predicted molar refractivity (Wildman–Crippen MR) is 59.4 cm³/mol. The van der Waals surface area contributed by atoms with Crippen LogP contribution >= 0.6 is 11.3 Å². The zero-order valence-corrected chi connectivity index (χ0v) is 9.24. The molecule has 0 aliphatic carbocycles. The summed E-state index contributed by atoms with van der Waals surface area (Å²) in [7, 11) is 0. The lowest BCUT2D eigenvalue weighted by atomic mass is 10.3. The molecule has 0 fully saturated rings. The molecule has 0 saturated heterocycles. The highest BCUT2D eigenvalue weighted by Crippen LogP contribution is 2.25. The molecule has 84 valence electrons. The smallest absolute Gasteiger partial charge is 0.345 e. The molecule has 8 heteroatoms. The maximum absolute atomic E-state index is 10.4. The summed E-state index contributed by atoms with van der Waals surface area (Å²) in [5.74, 6) is 0. The molecular weight excluding hydrogens is 230 g/mol. The first-order valence-electron chi connectivity index (χ1n) is 4.50. The zero-order valence-electron chi connectivity index (χ0n) is 8.43. The Morgan fingerprint density at radius 1 is 1.62 bits per heavy atom. The largest absolute Gasteiger partial charge is 0.357 e. The molecule has 2 aromatic rings. The van der Waals surface area contributed by atoms with Crippen LogP contribution in [-0.4, -0.2) is 20.1 Å². The fourth-order valence-electron chi connectivity index (χ4n) is 1.16. The van der Waals surface area contributed by atoms with Crippen LogP contribution in [0.1, 0.15) is 11.3 Å². The van der Waals surface area contributed by atoms with E-state index >= 15 is 0 Å². The Bertz CT molecular complexity index is 506. The molecule has 0 radical (unpaired) electrons. The van der Waals surface area contributed by atoms with Crippen LogP contribution in [0.25, 0.3) is 0 Å². The van der Waals surface area contributed by atoms with Crippen molar-refractivity contribution in [1.82, 2.24) is 15.2 Å². The van der Waals surface area contributed by atoms with Crippen molar-refractivity contribution in [1.29, 1.82) is 0 Å². The Balaban J connectivity index is 2.00. The summed E-state index contributed by atoms with van der Waals surface area (Å²) in [5.41, 5.74) is 1.98. The van der Waals surface area contributed by atoms with E-state index < -0.39 is 4.92 Å². The van der Waals surface area contributed by atoms with Gasteiger partial charge in [-0.15, -0.1) is 0 Å². The third-order valence-corrected chi connectivity index (χ3v) is 2.94. The van der Waals surface area contributed by atoms with E-state index in [-0.39, 0.29) is 5.00 Å². The van der Waals surface area contributed by atoms with Crippen LogP contribution in [0.4, 0.5) is 10.1 Å². The van der Waals surface area contributed by atoms with Gasteiger partial charge in [0.05, 0.1) is 11.1 Å². The molecule has 2 rings (SSSR count). The van der Waals surface area contributed by atoms with Gasteiger partial charge in [-0.3, -0.25) is 15.2 Å². The van der Waals surface area contributed by atoms with Crippen LogP contribution in [0, 0.1) is 17.0 Å². The van der Waals surface area contributed by atoms with E-state index in [1.165, 1.54) is 6.20 Å². The van der Waals surface area contributed by atoms with Crippen molar-refractivity contribution < 1.29 is 4.92 Å². The van der Waals surface area contributed by atoms with Crippen molar-refractivity contribution in [2.75, 3.05) is 5.32 Å². The number of aryl methyl sites for hydroxylation is 1. The van der Waals surface area contributed by atoms with Crippen LogP contribution in [0.15, 0.2) is 12.4 Å². The summed E-state index contributed by atoms with van der Waals surface area (Å²) in [5, 5.41) is 20.7. The van der Waals surface area contributed by atoms with E-state index in [9.17, 15) is 10.1 Å². The highest BCUT2D eigenvalue weighted by molar-refractivity contribution is 7.18. The average Bonchev–Trinajstić information content (AvgIpc) is 2.83. The molecule has 2 heterocycles. The highest BCUT2D eigenvalue weighted by Gasteiger charge is 2.11. The molecule has 7 nitrogen and oxygen atoms in total. The summed E-state index contributed by atoms with van der Waals surface area (Å²) in [4.78, 5) is 13.9. The third kappa shape index (κ3) is 2.16. The fraction of sp³-hybridized carbons (Fsp3) is 0.250. The fourth-order valence-corrected chi connectivity index (χ4v) is 1.78. The summed E-state index contributed by atoms with van der Waals surface area (Å²) < 4.78 is 0. The molecule has 0 aliphatic rings. The maximum Gasteiger partial charge on any atom is 0.345 e. The van der Waals surface area contributed by atoms with Crippen molar-refractivity contribution in [3.63, 3.8) is 0 Å². The van der Waals surface area contributed by atoms with Crippen molar-refractivity contribution in [3.8, 4) is 0 Å². The Morgan fingerprint density at radius 3 is 3.00 bits per heavy atom. The lowest BCUT2D eigenvalue weighted by Gasteiger charge is -1.99. The molecule has 0 bridgehead atoms. The van der Waals surface area contributed by atoms with Crippen LogP contribution < -0.4 is 5.32 Å². The number of nitrogens with one attached hydrogen (secondary N) is 2. The number of hydrogen-bond donors (Lipinski definition) is 2. The summed E-state index contributed by atoms with van der Waals surface area (Å²) >= 11 is 1.02. The molecule has 0 unspecified atom stereocenters. The van der Waals surface area contributed by atoms with Gasteiger partial charge < -0.3 is 5.32 Å². The number of thiazole rings is 1. The van der Waals surface area contributed by atoms with Gasteiger partial charge in [-0.05, 0) is 18.3 Å². The zero-order chi connectivity index (χ0) is 11.5. The Morgan fingerprint density at radius 2 is 2.44 bits per heavy atom. The first kappa shape index (κ1) is 10.6. The number of rotatable bonds is 4. The normalized spacial score (nSPS) is 10.3. The van der Waals surface area contributed by atoms with Crippen molar-refractivity contribution >= 4 is 21.5 Å². The van der Waals surface area contributed by atoms with Crippen molar-refractivity contribution in [2.45, 2.75) is 13.5 Å². The minimum Gasteiger partial charge on any atom is -0.357 e. The third-order valence-electron chi connectivity index (χ3n) is 2.04. The lowest BCUT2D eigenvalue weighted by Crippen LogP contribution is -1.98. The summed E-state index contributed by atoms with van der Waals surface area (Å²) in [6.45, 7) is 2.46. The molecule has 0 spiro atoms. The van der Waals surface area contributed by atoms with Gasteiger partial charge in [-0.2, -0.15) is 5.10 Å². The number of aromatic amines is 1. The van der Waals surface area contributed by atoms with E-state index in [1.807, 2.05) is 6.92 Å². The van der Waals surface area contributed by atoms with E-state index in [1.54, 1.807) is 6.20 Å². The van der Waals surface area contributed by atoms with Gasteiger partial charge in [0.15, 0.2) is 5.13 Å². The van der Waals surface area contributed by atoms with E-state index in [0.29, 0.717) is 11.7 Å². The molecule has 2 aromatic heterocycles. The molecular formula is C8H9N5O2S. The molecule has 16 heavy (non-hydrogen) atoms. The van der Waals surface area contributed by atoms with Crippen LogP contribution in [0.3, 0.4) is 0 Å². The second kappa shape index (κ2) is 4.27. The van der Waals surface area contributed by atoms with Crippen LogP contribution in [0.2, 0.25) is 0 Å². The molecule has 2 N–H and O–H groups in total. The van der Waals surface area contributed by atoms with Gasteiger partial charge in [-0.25, -0.2) is 4.98 Å². The topological polar surface area (TPSA) is 96.7 Å². The van der Waals surface area contributed by atoms with Crippen LogP contribution in [-0.2, 0) is 6.54 Å². The quantitative estimate of drug-likeness (QED) is 0.625. The van der Waals surface area contributed by atoms with Crippen molar-refractivity contribution in [3.05, 3.63) is 33.8 Å². The van der Waals surface area contributed by atoms with Crippen LogP contribution in [0.5, 0.6) is 0 Å². The predicted octanol–water partition coefficient (Wildman–Crippen LogP) is 1.69. The number of anilines is 1. The number of nitro groups is 1. The van der Waals surface area contributed by atoms with Gasteiger partial charge in [0.25, 0.3) is 0 Å². The van der Waals surface area contributed by atoms with Gasteiger partial charge >= 0.3 is 5.00 Å². The lowest BCUT2D eigenvalue weighted by molar-refractivity contribution is -0.380. The Labute approximate surface area is 94.7 Å². The summed E-state index contributed by atoms with van der Waals surface area (Å²) in [6, 6.07) is 0. The highest BCUT2D eigenvalue weighted by atomic mass is 32.1. The van der Waals surface area contributed by atoms with Gasteiger partial charge in [0.1, 0.15) is 6.20 Å². The summed E-state index contributed by atoms with van der Waals surface area (Å²) in [6.07, 6.45) is 2.96. The molecule has 0 atom stereocenters. The van der Waals surface area contributed by atoms with E-state index in [4.69, 9.17) is 0 Å². The molecule has 0 aromatic carbocycles. The second-order valence-electron chi connectivity index (χ2n) is 3.13. The van der Waals surface area contributed by atoms with Gasteiger partial charge in [0, 0.05) is 17.8 Å².